The van der Waals surface area contributed by atoms with Crippen LogP contribution in [0.5, 0.6) is 0 Å². The van der Waals surface area contributed by atoms with Crippen LogP contribution in [-0.2, 0) is 6.54 Å². The van der Waals surface area contributed by atoms with Crippen LogP contribution in [0.4, 0.5) is 11.4 Å². The Bertz CT molecular complexity index is 589. The largest absolute Gasteiger partial charge is 1.00 e. The Kier molecular flexibility index (Phi) is 3.45. The molecule has 5 rings (SSSR count). The molecule has 2 aromatic carbocycles. The maximum absolute atomic E-state index is 2.54. The Morgan fingerprint density at radius 3 is 2.25 bits per heavy atom. The molecule has 1 saturated heterocycles. The number of hydrogen-bond donors (Lipinski definition) is 0. The molecule has 1 fully saturated rings. The quantitative estimate of drug-likeness (QED) is 0.705. The number of piperazine rings is 1. The van der Waals surface area contributed by atoms with Gasteiger partial charge in [-0.05, 0) is 6.07 Å². The predicted molar refractivity (Wildman–Crippen MR) is 80.3 cm³/mol. The Morgan fingerprint density at radius 2 is 1.50 bits per heavy atom. The fourth-order valence-corrected chi connectivity index (χ4v) is 3.64. The summed E-state index contributed by atoms with van der Waals surface area (Å²) in [5.41, 5.74) is 4.42. The van der Waals surface area contributed by atoms with E-state index < -0.39 is 0 Å². The van der Waals surface area contributed by atoms with E-state index in [1.54, 1.807) is 0 Å². The average Bonchev–Trinajstić information content (AvgIpc) is 2.50. The summed E-state index contributed by atoms with van der Waals surface area (Å²) in [6, 6.07) is 19.9. The van der Waals surface area contributed by atoms with Gasteiger partial charge in [0.05, 0.1) is 18.8 Å². The average molecular weight is 287 g/mol. The van der Waals surface area contributed by atoms with Crippen molar-refractivity contribution in [3.8, 4) is 0 Å². The SMILES string of the molecule is [Cl-].c1ccc(C[N+]23CCN(CC2)c2ccccc23)cc1. The second-order valence-electron chi connectivity index (χ2n) is 5.71. The Labute approximate surface area is 126 Å². The molecular formula is C17H19ClN2. The van der Waals surface area contributed by atoms with Crippen molar-refractivity contribution in [2.45, 2.75) is 6.54 Å². The molecule has 0 spiro atoms. The van der Waals surface area contributed by atoms with Gasteiger partial charge in [0.25, 0.3) is 0 Å². The van der Waals surface area contributed by atoms with E-state index in [0.717, 1.165) is 11.0 Å². The zero-order valence-corrected chi connectivity index (χ0v) is 12.3. The van der Waals surface area contributed by atoms with Crippen LogP contribution >= 0.6 is 0 Å². The maximum Gasteiger partial charge on any atom is 0.156 e. The molecule has 0 N–H and O–H groups in total. The van der Waals surface area contributed by atoms with Crippen molar-refractivity contribution >= 4 is 11.4 Å². The number of para-hydroxylation sites is 2. The Hall–Kier alpha value is -1.51. The van der Waals surface area contributed by atoms with E-state index in [2.05, 4.69) is 59.5 Å². The van der Waals surface area contributed by atoms with Crippen LogP contribution in [0.1, 0.15) is 5.56 Å². The van der Waals surface area contributed by atoms with E-state index in [0.29, 0.717) is 0 Å². The zero-order valence-electron chi connectivity index (χ0n) is 11.5. The summed E-state index contributed by atoms with van der Waals surface area (Å²) in [5.74, 6) is 0. The maximum atomic E-state index is 2.54. The first kappa shape index (κ1) is 13.5. The summed E-state index contributed by atoms with van der Waals surface area (Å²) in [6.07, 6.45) is 0. The van der Waals surface area contributed by atoms with Crippen LogP contribution in [0.2, 0.25) is 0 Å². The fraction of sp³-hybridized carbons (Fsp3) is 0.294. The molecule has 3 aliphatic rings. The minimum atomic E-state index is 0. The molecule has 3 aliphatic heterocycles. The third kappa shape index (κ3) is 2.00. The van der Waals surface area contributed by atoms with Gasteiger partial charge in [-0.25, -0.2) is 0 Å². The normalized spacial score (nSPS) is 18.3. The smallest absolute Gasteiger partial charge is 0.156 e. The van der Waals surface area contributed by atoms with E-state index in [4.69, 9.17) is 0 Å². The molecule has 0 unspecified atom stereocenters. The van der Waals surface area contributed by atoms with Gasteiger partial charge >= 0.3 is 0 Å². The highest BCUT2D eigenvalue weighted by atomic mass is 35.5. The van der Waals surface area contributed by atoms with E-state index >= 15 is 0 Å². The lowest BCUT2D eigenvalue weighted by molar-refractivity contribution is -0.00000380. The zero-order chi connectivity index (χ0) is 12.7. The van der Waals surface area contributed by atoms with Crippen LogP contribution < -0.4 is 21.8 Å². The van der Waals surface area contributed by atoms with Crippen molar-refractivity contribution in [2.24, 2.45) is 0 Å². The van der Waals surface area contributed by atoms with E-state index in [9.17, 15) is 0 Å². The van der Waals surface area contributed by atoms with Crippen LogP contribution in [0, 0.1) is 0 Å². The van der Waals surface area contributed by atoms with Crippen molar-refractivity contribution in [2.75, 3.05) is 31.1 Å². The first-order chi connectivity index (χ1) is 9.37. The van der Waals surface area contributed by atoms with E-state index in [1.165, 1.54) is 43.1 Å². The number of quaternary nitrogens is 1. The van der Waals surface area contributed by atoms with E-state index in [1.807, 2.05) is 0 Å². The number of benzene rings is 2. The molecule has 2 nitrogen and oxygen atoms in total. The van der Waals surface area contributed by atoms with Crippen LogP contribution in [0.15, 0.2) is 54.6 Å². The lowest BCUT2D eigenvalue weighted by Crippen LogP contribution is -3.00. The van der Waals surface area contributed by atoms with Crippen molar-refractivity contribution in [1.82, 2.24) is 4.48 Å². The number of fused-ring (bicyclic) bond motifs is 2. The molecule has 104 valence electrons. The van der Waals surface area contributed by atoms with Gasteiger partial charge in [0.2, 0.25) is 0 Å². The Morgan fingerprint density at radius 1 is 0.850 bits per heavy atom. The summed E-state index contributed by atoms with van der Waals surface area (Å²) >= 11 is 0. The molecule has 20 heavy (non-hydrogen) atoms. The third-order valence-electron chi connectivity index (χ3n) is 4.66. The standard InChI is InChI=1S/C17H19N2.ClH/c1-2-6-15(7-3-1)14-19-12-10-18(11-13-19)16-8-4-5-9-17(16)19;/h1-9H,10-14H2;1H/q+1;/p-1. The summed E-state index contributed by atoms with van der Waals surface area (Å²) < 4.78 is 1.14. The molecule has 0 amide bonds. The molecule has 2 bridgehead atoms. The molecule has 3 heteroatoms. The van der Waals surface area contributed by atoms with Gasteiger partial charge < -0.3 is 17.3 Å². The second-order valence-corrected chi connectivity index (χ2v) is 5.71. The van der Waals surface area contributed by atoms with Crippen molar-refractivity contribution in [3.05, 3.63) is 60.2 Å². The van der Waals surface area contributed by atoms with Crippen molar-refractivity contribution in [3.63, 3.8) is 0 Å². The van der Waals surface area contributed by atoms with E-state index in [-0.39, 0.29) is 12.4 Å². The van der Waals surface area contributed by atoms with Gasteiger partial charge in [-0.3, -0.25) is 4.48 Å². The van der Waals surface area contributed by atoms with Gasteiger partial charge in [-0.2, -0.15) is 0 Å². The van der Waals surface area contributed by atoms with Gasteiger partial charge in [0, 0.05) is 11.6 Å². The molecule has 0 atom stereocenters. The first-order valence-corrected chi connectivity index (χ1v) is 7.12. The number of halogens is 1. The van der Waals surface area contributed by atoms with Gasteiger partial charge in [0.1, 0.15) is 19.6 Å². The van der Waals surface area contributed by atoms with Crippen LogP contribution in [0.3, 0.4) is 0 Å². The van der Waals surface area contributed by atoms with Gasteiger partial charge in [-0.1, -0.05) is 42.5 Å². The molecule has 3 heterocycles. The highest BCUT2D eigenvalue weighted by Gasteiger charge is 2.43. The predicted octanol–water partition coefficient (Wildman–Crippen LogP) is 0.0317. The van der Waals surface area contributed by atoms with Gasteiger partial charge in [0.15, 0.2) is 5.69 Å². The lowest BCUT2D eigenvalue weighted by Gasteiger charge is -2.51. The lowest BCUT2D eigenvalue weighted by atomic mass is 10.0. The molecule has 0 radical (unpaired) electrons. The van der Waals surface area contributed by atoms with Crippen LogP contribution in [0.25, 0.3) is 0 Å². The number of hydrogen-bond acceptors (Lipinski definition) is 1. The second kappa shape index (κ2) is 5.12. The number of rotatable bonds is 2. The summed E-state index contributed by atoms with van der Waals surface area (Å²) in [6.45, 7) is 6.01. The molecule has 0 aromatic heterocycles. The third-order valence-corrected chi connectivity index (χ3v) is 4.66. The summed E-state index contributed by atoms with van der Waals surface area (Å²) in [5, 5.41) is 0. The summed E-state index contributed by atoms with van der Waals surface area (Å²) in [4.78, 5) is 2.54. The van der Waals surface area contributed by atoms with Crippen molar-refractivity contribution < 1.29 is 12.4 Å². The first-order valence-electron chi connectivity index (χ1n) is 7.12. The topological polar surface area (TPSA) is 3.24 Å². The number of anilines is 1. The molecule has 0 aliphatic carbocycles. The minimum Gasteiger partial charge on any atom is -1.00 e. The Balaban J connectivity index is 0.00000121. The summed E-state index contributed by atoms with van der Waals surface area (Å²) in [7, 11) is 0. The molecule has 2 aromatic rings. The molecule has 0 saturated carbocycles. The highest BCUT2D eigenvalue weighted by molar-refractivity contribution is 5.73. The van der Waals surface area contributed by atoms with Gasteiger partial charge in [-0.15, -0.1) is 0 Å². The monoisotopic (exact) mass is 286 g/mol. The highest BCUT2D eigenvalue weighted by Crippen LogP contribution is 2.42. The molecular weight excluding hydrogens is 268 g/mol. The van der Waals surface area contributed by atoms with Crippen molar-refractivity contribution in [1.29, 1.82) is 0 Å². The van der Waals surface area contributed by atoms with Crippen LogP contribution in [-0.4, -0.2) is 26.2 Å². The number of nitrogens with zero attached hydrogens (tertiary/aromatic N) is 2. The fourth-order valence-electron chi connectivity index (χ4n) is 3.64. The minimum absolute atomic E-state index is 0.